The van der Waals surface area contributed by atoms with Gasteiger partial charge < -0.3 is 43.6 Å². The number of fused-ring (bicyclic) bond motifs is 3. The number of aliphatic hydroxyl groups excluding tert-OH is 2. The molecular formula is C47H56N2O10. The molecule has 6 atom stereocenters. The molecule has 3 aromatic carbocycles. The van der Waals surface area contributed by atoms with Gasteiger partial charge in [-0.25, -0.2) is 0 Å². The number of ether oxygens (including phenoxy) is 5. The molecule has 2 aliphatic carbocycles. The normalized spacial score (nSPS) is 24.3. The number of rotatable bonds is 20. The first-order valence-electron chi connectivity index (χ1n) is 21.0. The summed E-state index contributed by atoms with van der Waals surface area (Å²) in [4.78, 5) is 34.3. The third-order valence-electron chi connectivity index (χ3n) is 11.9. The average molecular weight is 809 g/mol. The predicted molar refractivity (Wildman–Crippen MR) is 222 cm³/mol. The van der Waals surface area contributed by atoms with Gasteiger partial charge >= 0.3 is 0 Å². The molecule has 0 aromatic heterocycles. The van der Waals surface area contributed by atoms with E-state index in [1.54, 1.807) is 42.5 Å². The minimum atomic E-state index is -1.39. The zero-order chi connectivity index (χ0) is 41.4. The van der Waals surface area contributed by atoms with Crippen LogP contribution in [0.3, 0.4) is 0 Å². The van der Waals surface area contributed by atoms with Crippen molar-refractivity contribution >= 4 is 17.9 Å². The van der Waals surface area contributed by atoms with E-state index < -0.39 is 17.7 Å². The van der Waals surface area contributed by atoms with E-state index in [2.05, 4.69) is 12.7 Å². The number of hydrogen-bond acceptors (Lipinski definition) is 11. The van der Waals surface area contributed by atoms with E-state index in [0.717, 1.165) is 48.8 Å². The molecule has 1 fully saturated rings. The van der Waals surface area contributed by atoms with E-state index in [9.17, 15) is 19.8 Å². The maximum Gasteiger partial charge on any atom is 0.254 e. The number of allylic oxidation sites excluding steroid dienone is 1. The molecule has 4 aliphatic rings. The fraction of sp³-hybridized carbons (Fsp3) is 0.468. The lowest BCUT2D eigenvalue weighted by atomic mass is 9.55. The van der Waals surface area contributed by atoms with Crippen molar-refractivity contribution in [2.45, 2.75) is 83.0 Å². The van der Waals surface area contributed by atoms with Crippen molar-refractivity contribution < 1.29 is 48.3 Å². The van der Waals surface area contributed by atoms with Crippen LogP contribution in [0.15, 0.2) is 90.1 Å². The highest BCUT2D eigenvalue weighted by Gasteiger charge is 2.65. The topological polar surface area (TPSA) is 146 Å². The molecule has 0 radical (unpaired) electrons. The second-order valence-corrected chi connectivity index (χ2v) is 15.5. The molecule has 1 amide bonds. The molecule has 12 nitrogen and oxygen atoms in total. The zero-order valence-electron chi connectivity index (χ0n) is 34.1. The minimum absolute atomic E-state index is 0.0493. The molecule has 2 heterocycles. The summed E-state index contributed by atoms with van der Waals surface area (Å²) in [6.07, 6.45) is 10.4. The number of amides is 1. The fourth-order valence-electron chi connectivity index (χ4n) is 9.48. The molecule has 2 N–H and O–H groups in total. The smallest absolute Gasteiger partial charge is 0.254 e. The van der Waals surface area contributed by atoms with Gasteiger partial charge in [-0.1, -0.05) is 49.2 Å². The van der Waals surface area contributed by atoms with Crippen LogP contribution in [0.1, 0.15) is 97.4 Å². The van der Waals surface area contributed by atoms with Crippen LogP contribution in [0.25, 0.3) is 0 Å². The Labute approximate surface area is 346 Å². The van der Waals surface area contributed by atoms with Gasteiger partial charge in [0.15, 0.2) is 11.5 Å². The lowest BCUT2D eigenvalue weighted by molar-refractivity contribution is -0.254. The third-order valence-corrected chi connectivity index (χ3v) is 11.9. The number of benzene rings is 3. The van der Waals surface area contributed by atoms with Gasteiger partial charge in [-0.05, 0) is 105 Å². The van der Waals surface area contributed by atoms with Crippen molar-refractivity contribution in [2.24, 2.45) is 22.9 Å². The Bertz CT molecular complexity index is 2030. The van der Waals surface area contributed by atoms with Gasteiger partial charge in [-0.2, -0.15) is 0 Å². The van der Waals surface area contributed by atoms with Gasteiger partial charge in [-0.15, -0.1) is 6.58 Å². The first kappa shape index (κ1) is 42.0. The standard InChI is InChI=1S/C47H56N2O10/c1-4-20-49(46(53)33-16-18-41-42(26-33)55-30-54-41)43-28-39(48-57-6-3)37-25-32(13-7-9-21-50)36(15-8-10-22-51)44-38-27-35(58-34-14-11-12-31(24-34)29-52)17-19-40(38)59-47(43,45(37)44)56-23-5-2/h5,11-12,14,16-19,24-27,29,32,36,43-45,50-51H,2,4,6-10,13,15,20-23,28,30H2,1,3H3. The average Bonchev–Trinajstić information content (AvgIpc) is 3.74. The lowest BCUT2D eigenvalue weighted by Gasteiger charge is -2.60. The molecule has 0 spiro atoms. The SMILES string of the molecule is C=CCOC12Oc3ccc(Oc4cccc(C=O)c4)cc3C3C(CCCCO)C(CCCCO)C=C(C(=NOCC)CC1N(CCC)C(=O)c1ccc4c(c1)OCO4)C32. The second-order valence-electron chi connectivity index (χ2n) is 15.5. The Balaban J connectivity index is 1.44. The van der Waals surface area contributed by atoms with Crippen LogP contribution in [0.5, 0.6) is 28.7 Å². The Morgan fingerprint density at radius 1 is 0.966 bits per heavy atom. The number of nitrogens with zero attached hydrogens (tertiary/aromatic N) is 2. The molecule has 0 bridgehead atoms. The van der Waals surface area contributed by atoms with Crippen LogP contribution in [0, 0.1) is 17.8 Å². The third kappa shape index (κ3) is 8.62. The van der Waals surface area contributed by atoms with Crippen molar-refractivity contribution in [3.63, 3.8) is 0 Å². The number of carbonyl (C=O) groups is 2. The van der Waals surface area contributed by atoms with Crippen molar-refractivity contribution in [3.8, 4) is 28.7 Å². The van der Waals surface area contributed by atoms with E-state index >= 15 is 0 Å². The molecule has 1 saturated carbocycles. The monoisotopic (exact) mass is 808 g/mol. The maximum absolute atomic E-state index is 15.0. The van der Waals surface area contributed by atoms with Gasteiger partial charge in [0.05, 0.1) is 18.2 Å². The molecule has 12 heteroatoms. The highest BCUT2D eigenvalue weighted by atomic mass is 16.7. The Kier molecular flexibility index (Phi) is 13.7. The van der Waals surface area contributed by atoms with Gasteiger partial charge in [0.2, 0.25) is 12.6 Å². The largest absolute Gasteiger partial charge is 0.459 e. The van der Waals surface area contributed by atoms with E-state index in [0.29, 0.717) is 78.7 Å². The first-order valence-corrected chi connectivity index (χ1v) is 21.0. The molecule has 7 rings (SSSR count). The summed E-state index contributed by atoms with van der Waals surface area (Å²) in [5, 5.41) is 24.6. The number of aldehydes is 1. The van der Waals surface area contributed by atoms with Crippen LogP contribution in [0.2, 0.25) is 0 Å². The van der Waals surface area contributed by atoms with E-state index in [1.165, 1.54) is 0 Å². The molecule has 314 valence electrons. The van der Waals surface area contributed by atoms with Crippen molar-refractivity contribution in [1.29, 1.82) is 0 Å². The number of carbonyl (C=O) groups excluding carboxylic acids is 2. The molecule has 6 unspecified atom stereocenters. The summed E-state index contributed by atoms with van der Waals surface area (Å²) in [7, 11) is 0. The van der Waals surface area contributed by atoms with Gasteiger partial charge in [0, 0.05) is 48.8 Å². The first-order chi connectivity index (χ1) is 28.9. The van der Waals surface area contributed by atoms with Crippen molar-refractivity contribution in [3.05, 3.63) is 102 Å². The summed E-state index contributed by atoms with van der Waals surface area (Å²) in [5.74, 6) is 0.692. The summed E-state index contributed by atoms with van der Waals surface area (Å²) in [5.41, 5.74) is 3.58. The number of hydrogen-bond donors (Lipinski definition) is 2. The summed E-state index contributed by atoms with van der Waals surface area (Å²) < 4.78 is 32.1. The lowest BCUT2D eigenvalue weighted by Crippen LogP contribution is -2.70. The molecule has 2 aliphatic heterocycles. The molecule has 59 heavy (non-hydrogen) atoms. The number of aliphatic hydroxyl groups is 2. The van der Waals surface area contributed by atoms with Crippen LogP contribution < -0.4 is 18.9 Å². The maximum atomic E-state index is 15.0. The van der Waals surface area contributed by atoms with Crippen LogP contribution in [-0.2, 0) is 9.57 Å². The summed E-state index contributed by atoms with van der Waals surface area (Å²) in [6.45, 7) is 9.17. The quantitative estimate of drug-likeness (QED) is 0.0496. The van der Waals surface area contributed by atoms with E-state index in [1.807, 2.05) is 43.0 Å². The van der Waals surface area contributed by atoms with Crippen molar-refractivity contribution in [2.75, 3.05) is 39.8 Å². The van der Waals surface area contributed by atoms with Crippen LogP contribution in [0.4, 0.5) is 0 Å². The summed E-state index contributed by atoms with van der Waals surface area (Å²) in [6, 6.07) is 17.4. The van der Waals surface area contributed by atoms with Gasteiger partial charge in [0.25, 0.3) is 5.91 Å². The van der Waals surface area contributed by atoms with E-state index in [4.69, 9.17) is 33.7 Å². The molecule has 0 saturated heterocycles. The predicted octanol–water partition coefficient (Wildman–Crippen LogP) is 8.23. The molecule has 3 aromatic rings. The summed E-state index contributed by atoms with van der Waals surface area (Å²) >= 11 is 0. The van der Waals surface area contributed by atoms with Gasteiger partial charge in [0.1, 0.15) is 36.2 Å². The highest BCUT2D eigenvalue weighted by Crippen LogP contribution is 2.62. The Morgan fingerprint density at radius 2 is 1.75 bits per heavy atom. The second kappa shape index (κ2) is 19.3. The zero-order valence-corrected chi connectivity index (χ0v) is 34.1. The molecular weight excluding hydrogens is 753 g/mol. The number of unbranched alkanes of at least 4 members (excludes halogenated alkanes) is 2. The van der Waals surface area contributed by atoms with E-state index in [-0.39, 0.29) is 50.3 Å². The van der Waals surface area contributed by atoms with Crippen LogP contribution >= 0.6 is 0 Å². The minimum Gasteiger partial charge on any atom is -0.459 e. The number of oxime groups is 1. The van der Waals surface area contributed by atoms with Gasteiger partial charge in [-0.3, -0.25) is 9.59 Å². The van der Waals surface area contributed by atoms with Crippen molar-refractivity contribution in [1.82, 2.24) is 4.90 Å². The van der Waals surface area contributed by atoms with Crippen LogP contribution in [-0.4, -0.2) is 84.6 Å². The Hall–Kier alpha value is -5.17. The highest BCUT2D eigenvalue weighted by molar-refractivity contribution is 6.03. The fourth-order valence-corrected chi connectivity index (χ4v) is 9.48. The Morgan fingerprint density at radius 3 is 2.51 bits per heavy atom.